The third-order valence-electron chi connectivity index (χ3n) is 2.27. The second-order valence-electron chi connectivity index (χ2n) is 3.61. The fourth-order valence-corrected chi connectivity index (χ4v) is 2.42. The van der Waals surface area contributed by atoms with E-state index >= 15 is 0 Å². The van der Waals surface area contributed by atoms with Crippen LogP contribution in [0.3, 0.4) is 0 Å². The lowest BCUT2D eigenvalue weighted by molar-refractivity contribution is 0.466. The lowest BCUT2D eigenvalue weighted by Gasteiger charge is -2.06. The Kier molecular flexibility index (Phi) is 3.15. The highest BCUT2D eigenvalue weighted by molar-refractivity contribution is 7.99. The van der Waals surface area contributed by atoms with Gasteiger partial charge in [-0.2, -0.15) is 0 Å². The molecule has 1 aromatic carbocycles. The van der Waals surface area contributed by atoms with Gasteiger partial charge in [0.1, 0.15) is 10.8 Å². The lowest BCUT2D eigenvalue weighted by Crippen LogP contribution is -1.84. The molecule has 0 unspecified atom stereocenters. The molecule has 0 aliphatic heterocycles. The van der Waals surface area contributed by atoms with Crippen LogP contribution < -0.4 is 0 Å². The number of phenolic OH excluding ortho intramolecular Hbond substituents is 1. The van der Waals surface area contributed by atoms with Gasteiger partial charge in [0.05, 0.1) is 6.20 Å². The van der Waals surface area contributed by atoms with Crippen LogP contribution in [-0.4, -0.2) is 10.1 Å². The van der Waals surface area contributed by atoms with E-state index in [1.807, 2.05) is 38.1 Å². The van der Waals surface area contributed by atoms with Gasteiger partial charge in [0.15, 0.2) is 0 Å². The van der Waals surface area contributed by atoms with Crippen LogP contribution in [0.15, 0.2) is 40.3 Å². The molecular formula is C13H12NOS. The highest BCUT2D eigenvalue weighted by Gasteiger charge is 2.05. The van der Waals surface area contributed by atoms with Crippen LogP contribution in [0.5, 0.6) is 5.75 Å². The number of benzene rings is 1. The minimum Gasteiger partial charge on any atom is -0.507 e. The number of aryl methyl sites for hydroxylation is 2. The normalized spacial score (nSPS) is 10.4. The first-order chi connectivity index (χ1) is 7.66. The van der Waals surface area contributed by atoms with Crippen molar-refractivity contribution in [2.24, 2.45) is 0 Å². The van der Waals surface area contributed by atoms with Crippen molar-refractivity contribution >= 4 is 11.8 Å². The summed E-state index contributed by atoms with van der Waals surface area (Å²) in [5.74, 6) is 0.372. The summed E-state index contributed by atoms with van der Waals surface area (Å²) in [5.41, 5.74) is 1.78. The summed E-state index contributed by atoms with van der Waals surface area (Å²) in [5, 5.41) is 10.6. The summed E-state index contributed by atoms with van der Waals surface area (Å²) in [6, 6.07) is 9.55. The zero-order chi connectivity index (χ0) is 11.5. The maximum absolute atomic E-state index is 9.67. The van der Waals surface area contributed by atoms with Gasteiger partial charge in [-0.1, -0.05) is 17.8 Å². The molecule has 81 valence electrons. The fourth-order valence-electron chi connectivity index (χ4n) is 1.46. The van der Waals surface area contributed by atoms with Crippen LogP contribution in [0.4, 0.5) is 0 Å². The average Bonchev–Trinajstić information content (AvgIpc) is 2.27. The average molecular weight is 230 g/mol. The van der Waals surface area contributed by atoms with Crippen LogP contribution in [0.2, 0.25) is 0 Å². The van der Waals surface area contributed by atoms with Gasteiger partial charge >= 0.3 is 0 Å². The predicted octanol–water partition coefficient (Wildman–Crippen LogP) is 3.36. The molecule has 16 heavy (non-hydrogen) atoms. The third-order valence-corrected chi connectivity index (χ3v) is 3.18. The van der Waals surface area contributed by atoms with Crippen LogP contribution in [0.1, 0.15) is 11.1 Å². The molecule has 0 fully saturated rings. The second-order valence-corrected chi connectivity index (χ2v) is 4.71. The molecule has 2 nitrogen and oxygen atoms in total. The molecular weight excluding hydrogens is 218 g/mol. The van der Waals surface area contributed by atoms with Gasteiger partial charge in [-0.05, 0) is 49.2 Å². The molecule has 0 saturated heterocycles. The number of hydrogen-bond donors (Lipinski definition) is 1. The Hall–Kier alpha value is -1.48. The first-order valence-corrected chi connectivity index (χ1v) is 5.79. The van der Waals surface area contributed by atoms with Crippen molar-refractivity contribution in [3.63, 3.8) is 0 Å². The molecule has 0 aliphatic rings. The fraction of sp³-hybridized carbons (Fsp3) is 0.154. The standard InChI is InChI=1S/C13H12NOS/c1-9-7-11(8-10(2)13(9)15)16-12-5-3-4-6-14-12/h3-5,7-8,15H,1-2H3. The van der Waals surface area contributed by atoms with Crippen molar-refractivity contribution in [1.29, 1.82) is 0 Å². The van der Waals surface area contributed by atoms with E-state index in [-0.39, 0.29) is 0 Å². The van der Waals surface area contributed by atoms with Gasteiger partial charge in [-0.3, -0.25) is 0 Å². The van der Waals surface area contributed by atoms with Gasteiger partial charge in [0, 0.05) is 4.90 Å². The molecule has 0 bridgehead atoms. The van der Waals surface area contributed by atoms with Gasteiger partial charge in [0.2, 0.25) is 0 Å². The lowest BCUT2D eigenvalue weighted by atomic mass is 10.1. The van der Waals surface area contributed by atoms with Crippen molar-refractivity contribution < 1.29 is 5.11 Å². The Labute approximate surface area is 99.4 Å². The summed E-state index contributed by atoms with van der Waals surface area (Å²) in [6.45, 7) is 3.80. The number of hydrogen-bond acceptors (Lipinski definition) is 3. The largest absolute Gasteiger partial charge is 0.507 e. The number of nitrogens with zero attached hydrogens (tertiary/aromatic N) is 1. The van der Waals surface area contributed by atoms with Crippen molar-refractivity contribution in [3.05, 3.63) is 47.7 Å². The summed E-state index contributed by atoms with van der Waals surface area (Å²) in [7, 11) is 0. The Morgan fingerprint density at radius 1 is 1.25 bits per heavy atom. The first-order valence-electron chi connectivity index (χ1n) is 4.98. The Morgan fingerprint density at radius 2 is 1.94 bits per heavy atom. The van der Waals surface area contributed by atoms with Gasteiger partial charge in [0.25, 0.3) is 0 Å². The maximum atomic E-state index is 9.67. The molecule has 2 rings (SSSR count). The second kappa shape index (κ2) is 4.58. The summed E-state index contributed by atoms with van der Waals surface area (Å²) in [4.78, 5) is 5.21. The van der Waals surface area contributed by atoms with Gasteiger partial charge < -0.3 is 5.11 Å². The molecule has 0 amide bonds. The van der Waals surface area contributed by atoms with E-state index in [2.05, 4.69) is 11.2 Å². The summed E-state index contributed by atoms with van der Waals surface area (Å²) < 4.78 is 0. The Morgan fingerprint density at radius 3 is 2.50 bits per heavy atom. The van der Waals surface area contributed by atoms with Crippen molar-refractivity contribution in [2.75, 3.05) is 0 Å². The van der Waals surface area contributed by atoms with Crippen molar-refractivity contribution in [2.45, 2.75) is 23.8 Å². The van der Waals surface area contributed by atoms with Crippen molar-refractivity contribution in [1.82, 2.24) is 4.98 Å². The van der Waals surface area contributed by atoms with Crippen LogP contribution >= 0.6 is 11.8 Å². The number of aromatic hydroxyl groups is 1. The molecule has 0 atom stereocenters. The molecule has 1 radical (unpaired) electrons. The quantitative estimate of drug-likeness (QED) is 0.858. The molecule has 1 aromatic heterocycles. The third kappa shape index (κ3) is 2.36. The molecule has 3 heteroatoms. The number of pyridine rings is 1. The van der Waals surface area contributed by atoms with E-state index in [0.717, 1.165) is 21.0 Å². The molecule has 2 aromatic rings. The van der Waals surface area contributed by atoms with Gasteiger partial charge in [-0.15, -0.1) is 0 Å². The monoisotopic (exact) mass is 230 g/mol. The predicted molar refractivity (Wildman–Crippen MR) is 64.8 cm³/mol. The SMILES string of the molecule is Cc1cc(Sc2ccc[c]n2)cc(C)c1O. The van der Waals surface area contributed by atoms with Gasteiger partial charge in [-0.25, -0.2) is 4.98 Å². The molecule has 0 aliphatic carbocycles. The number of phenols is 1. The van der Waals surface area contributed by atoms with E-state index < -0.39 is 0 Å². The topological polar surface area (TPSA) is 33.1 Å². The van der Waals surface area contributed by atoms with Crippen LogP contribution in [0.25, 0.3) is 0 Å². The van der Waals surface area contributed by atoms with E-state index in [9.17, 15) is 5.11 Å². The molecule has 0 saturated carbocycles. The molecule has 1 heterocycles. The van der Waals surface area contributed by atoms with E-state index in [4.69, 9.17) is 0 Å². The minimum absolute atomic E-state index is 0.372. The highest BCUT2D eigenvalue weighted by atomic mass is 32.2. The summed E-state index contributed by atoms with van der Waals surface area (Å²) >= 11 is 1.57. The first kappa shape index (κ1) is 11.0. The highest BCUT2D eigenvalue weighted by Crippen LogP contribution is 2.31. The number of aromatic nitrogens is 1. The number of rotatable bonds is 2. The Bertz CT molecular complexity index is 474. The smallest absolute Gasteiger partial charge is 0.121 e. The zero-order valence-electron chi connectivity index (χ0n) is 9.19. The molecule has 1 N–H and O–H groups in total. The van der Waals surface area contributed by atoms with E-state index in [0.29, 0.717) is 5.75 Å². The maximum Gasteiger partial charge on any atom is 0.121 e. The van der Waals surface area contributed by atoms with Crippen LogP contribution in [0, 0.1) is 20.0 Å². The van der Waals surface area contributed by atoms with Crippen molar-refractivity contribution in [3.8, 4) is 5.75 Å². The van der Waals surface area contributed by atoms with E-state index in [1.54, 1.807) is 17.8 Å². The van der Waals surface area contributed by atoms with Crippen LogP contribution in [-0.2, 0) is 0 Å². The van der Waals surface area contributed by atoms with E-state index in [1.165, 1.54) is 0 Å². The molecule has 0 spiro atoms. The zero-order valence-corrected chi connectivity index (χ0v) is 10.0. The Balaban J connectivity index is 2.29. The summed E-state index contributed by atoms with van der Waals surface area (Å²) in [6.07, 6.45) is 2.80. The minimum atomic E-state index is 0.372.